The molecule has 0 bridgehead atoms. The highest BCUT2D eigenvalue weighted by Crippen LogP contribution is 2.17. The van der Waals surface area contributed by atoms with E-state index in [4.69, 9.17) is 8.83 Å². The summed E-state index contributed by atoms with van der Waals surface area (Å²) < 4.78 is 10.2. The number of ketones is 2. The smallest absolute Gasteiger partial charge is 0.291 e. The van der Waals surface area contributed by atoms with Crippen LogP contribution < -0.4 is 10.6 Å². The van der Waals surface area contributed by atoms with Crippen molar-refractivity contribution in [3.63, 3.8) is 0 Å². The largest absolute Gasteiger partial charge is 0.459 e. The Kier molecular flexibility index (Phi) is 8.45. The van der Waals surface area contributed by atoms with Gasteiger partial charge in [-0.2, -0.15) is 0 Å². The first-order chi connectivity index (χ1) is 20.4. The predicted octanol–water partition coefficient (Wildman–Crippen LogP) is 7.17. The van der Waals surface area contributed by atoms with Crippen molar-refractivity contribution in [3.8, 4) is 0 Å². The average molecular weight is 557 g/mol. The van der Waals surface area contributed by atoms with Crippen molar-refractivity contribution in [2.24, 2.45) is 0 Å². The van der Waals surface area contributed by atoms with Crippen LogP contribution >= 0.6 is 0 Å². The molecule has 8 heteroatoms. The topological polar surface area (TPSA) is 119 Å². The van der Waals surface area contributed by atoms with Crippen molar-refractivity contribution >= 4 is 46.9 Å². The van der Waals surface area contributed by atoms with Crippen LogP contribution in [0.4, 0.5) is 11.4 Å². The highest BCUT2D eigenvalue weighted by molar-refractivity contribution is 6.09. The lowest BCUT2D eigenvalue weighted by Crippen LogP contribution is -2.11. The van der Waals surface area contributed by atoms with E-state index in [2.05, 4.69) is 10.6 Å². The fourth-order valence-electron chi connectivity index (χ4n) is 3.96. The lowest BCUT2D eigenvalue weighted by molar-refractivity contribution is 0.0989. The van der Waals surface area contributed by atoms with Gasteiger partial charge in [-0.05, 0) is 71.8 Å². The number of hydrogen-bond donors (Lipinski definition) is 2. The van der Waals surface area contributed by atoms with Gasteiger partial charge < -0.3 is 19.5 Å². The molecule has 0 saturated carbocycles. The number of furan rings is 2. The first kappa shape index (κ1) is 27.5. The van der Waals surface area contributed by atoms with E-state index in [1.54, 1.807) is 84.9 Å². The van der Waals surface area contributed by atoms with Crippen molar-refractivity contribution < 1.29 is 28.0 Å². The highest BCUT2D eigenvalue weighted by atomic mass is 16.3. The number of carbonyl (C=O) groups is 4. The van der Waals surface area contributed by atoms with E-state index in [-0.39, 0.29) is 23.1 Å². The molecule has 0 radical (unpaired) electrons. The standard InChI is InChI=1S/C34H24N2O6/c37-29(25-5-1-7-27(21-25)35-33(39)31-9-3-19-41-31)17-15-23-11-13-24(14-12-23)16-18-30(38)26-6-2-8-28(22-26)36-34(40)32-10-4-20-42-32/h1-22H,(H,35,39)(H,36,40)/b17-15+,18-16+. The van der Waals surface area contributed by atoms with Gasteiger partial charge in [-0.25, -0.2) is 0 Å². The number of anilines is 2. The minimum absolute atomic E-state index is 0.176. The molecule has 0 atom stereocenters. The summed E-state index contributed by atoms with van der Waals surface area (Å²) in [6, 6.07) is 27.0. The minimum atomic E-state index is -0.404. The summed E-state index contributed by atoms with van der Waals surface area (Å²) in [5.74, 6) is -0.897. The molecule has 0 spiro atoms. The summed E-state index contributed by atoms with van der Waals surface area (Å²) in [6.07, 6.45) is 9.13. The summed E-state index contributed by atoms with van der Waals surface area (Å²) in [7, 11) is 0. The van der Waals surface area contributed by atoms with Crippen molar-refractivity contribution in [2.45, 2.75) is 0 Å². The molecule has 0 aliphatic heterocycles. The molecule has 2 aromatic heterocycles. The summed E-state index contributed by atoms with van der Waals surface area (Å²) in [6.45, 7) is 0. The van der Waals surface area contributed by atoms with E-state index in [1.807, 2.05) is 24.3 Å². The van der Waals surface area contributed by atoms with Crippen LogP contribution in [-0.2, 0) is 0 Å². The zero-order valence-electron chi connectivity index (χ0n) is 22.2. The third kappa shape index (κ3) is 7.13. The molecular formula is C34H24N2O6. The second-order valence-corrected chi connectivity index (χ2v) is 9.09. The van der Waals surface area contributed by atoms with E-state index in [1.165, 1.54) is 24.7 Å². The Morgan fingerprint density at radius 1 is 0.524 bits per heavy atom. The molecule has 2 N–H and O–H groups in total. The second-order valence-electron chi connectivity index (χ2n) is 9.09. The number of benzene rings is 3. The number of rotatable bonds is 10. The fourth-order valence-corrected chi connectivity index (χ4v) is 3.96. The zero-order chi connectivity index (χ0) is 29.3. The van der Waals surface area contributed by atoms with E-state index >= 15 is 0 Å². The Hall–Kier alpha value is -6.02. The predicted molar refractivity (Wildman–Crippen MR) is 159 cm³/mol. The van der Waals surface area contributed by atoms with Gasteiger partial charge in [-0.3, -0.25) is 19.2 Å². The Morgan fingerprint density at radius 2 is 0.952 bits per heavy atom. The monoisotopic (exact) mass is 556 g/mol. The summed E-state index contributed by atoms with van der Waals surface area (Å²) >= 11 is 0. The second kappa shape index (κ2) is 12.9. The molecule has 0 aliphatic carbocycles. The Bertz CT molecular complexity index is 1650. The third-order valence-electron chi connectivity index (χ3n) is 6.09. The summed E-state index contributed by atoms with van der Waals surface area (Å²) in [4.78, 5) is 49.8. The first-order valence-corrected chi connectivity index (χ1v) is 12.9. The Labute approximate surface area is 241 Å². The lowest BCUT2D eigenvalue weighted by atomic mass is 10.1. The lowest BCUT2D eigenvalue weighted by Gasteiger charge is -2.05. The van der Waals surface area contributed by atoms with Gasteiger partial charge in [0.2, 0.25) is 0 Å². The van der Waals surface area contributed by atoms with Crippen LogP contribution in [0.25, 0.3) is 12.2 Å². The van der Waals surface area contributed by atoms with Crippen LogP contribution in [-0.4, -0.2) is 23.4 Å². The Balaban J connectivity index is 1.17. The number of nitrogens with one attached hydrogen (secondary N) is 2. The van der Waals surface area contributed by atoms with Gasteiger partial charge in [0.1, 0.15) is 0 Å². The minimum Gasteiger partial charge on any atom is -0.459 e. The molecule has 5 aromatic rings. The maximum atomic E-state index is 12.7. The molecule has 0 fully saturated rings. The molecule has 3 aromatic carbocycles. The molecule has 8 nitrogen and oxygen atoms in total. The molecule has 0 unspecified atom stereocenters. The van der Waals surface area contributed by atoms with Crippen molar-refractivity contribution in [1.82, 2.24) is 0 Å². The van der Waals surface area contributed by atoms with E-state index < -0.39 is 11.8 Å². The molecule has 2 amide bonds. The van der Waals surface area contributed by atoms with E-state index in [9.17, 15) is 19.2 Å². The van der Waals surface area contributed by atoms with Crippen LogP contribution in [0.15, 0.2) is 131 Å². The number of allylic oxidation sites excluding steroid dienone is 2. The van der Waals surface area contributed by atoms with Crippen LogP contribution in [0.1, 0.15) is 53.0 Å². The Morgan fingerprint density at radius 3 is 1.33 bits per heavy atom. The SMILES string of the molecule is O=C(/C=C/c1ccc(/C=C/C(=O)c2cccc(NC(=O)c3ccco3)c2)cc1)c1cccc(NC(=O)c2ccco2)c1. The van der Waals surface area contributed by atoms with E-state index in [0.29, 0.717) is 22.5 Å². The van der Waals surface area contributed by atoms with Gasteiger partial charge >= 0.3 is 0 Å². The maximum absolute atomic E-state index is 12.7. The normalized spacial score (nSPS) is 11.0. The van der Waals surface area contributed by atoms with Gasteiger partial charge in [0.25, 0.3) is 11.8 Å². The van der Waals surface area contributed by atoms with Crippen molar-refractivity contribution in [2.75, 3.05) is 10.6 Å². The molecule has 0 saturated heterocycles. The maximum Gasteiger partial charge on any atom is 0.291 e. The number of carbonyl (C=O) groups excluding carboxylic acids is 4. The molecule has 0 aliphatic rings. The number of amides is 2. The molecule has 42 heavy (non-hydrogen) atoms. The van der Waals surface area contributed by atoms with Crippen LogP contribution in [0.3, 0.4) is 0 Å². The summed E-state index contributed by atoms with van der Waals surface area (Å²) in [5.41, 5.74) is 3.40. The van der Waals surface area contributed by atoms with E-state index in [0.717, 1.165) is 11.1 Å². The number of hydrogen-bond acceptors (Lipinski definition) is 6. The average Bonchev–Trinajstić information content (AvgIpc) is 3.75. The first-order valence-electron chi connectivity index (χ1n) is 12.9. The van der Waals surface area contributed by atoms with Crippen molar-refractivity contribution in [1.29, 1.82) is 0 Å². The van der Waals surface area contributed by atoms with Gasteiger partial charge in [0.15, 0.2) is 23.1 Å². The quantitative estimate of drug-likeness (QED) is 0.139. The van der Waals surface area contributed by atoms with Crippen LogP contribution in [0, 0.1) is 0 Å². The molecular weight excluding hydrogens is 532 g/mol. The highest BCUT2D eigenvalue weighted by Gasteiger charge is 2.11. The summed E-state index contributed by atoms with van der Waals surface area (Å²) in [5, 5.41) is 5.41. The molecule has 206 valence electrons. The fraction of sp³-hybridized carbons (Fsp3) is 0. The third-order valence-corrected chi connectivity index (χ3v) is 6.09. The molecule has 5 rings (SSSR count). The van der Waals surface area contributed by atoms with Gasteiger partial charge in [-0.1, -0.05) is 60.7 Å². The van der Waals surface area contributed by atoms with Gasteiger partial charge in [-0.15, -0.1) is 0 Å². The van der Waals surface area contributed by atoms with Crippen LogP contribution in [0.2, 0.25) is 0 Å². The van der Waals surface area contributed by atoms with Crippen molar-refractivity contribution in [3.05, 3.63) is 156 Å². The molecule has 2 heterocycles. The van der Waals surface area contributed by atoms with Gasteiger partial charge in [0.05, 0.1) is 12.5 Å². The van der Waals surface area contributed by atoms with Gasteiger partial charge in [0, 0.05) is 22.5 Å². The zero-order valence-corrected chi connectivity index (χ0v) is 22.2. The van der Waals surface area contributed by atoms with Crippen LogP contribution in [0.5, 0.6) is 0 Å².